The van der Waals surface area contributed by atoms with Gasteiger partial charge in [-0.05, 0) is 48.2 Å². The van der Waals surface area contributed by atoms with Crippen LogP contribution in [0, 0.1) is 0 Å². The minimum absolute atomic E-state index is 0.193. The summed E-state index contributed by atoms with van der Waals surface area (Å²) in [5, 5.41) is 22.6. The number of aliphatic hydroxyl groups excluding tert-OH is 1. The molecule has 3 N–H and O–H groups in total. The Morgan fingerprint density at radius 1 is 1.14 bits per heavy atom. The molecule has 9 nitrogen and oxygen atoms in total. The van der Waals surface area contributed by atoms with Crippen molar-refractivity contribution in [3.05, 3.63) is 89.8 Å². The molecular weight excluding hydrogens is 442 g/mol. The molecule has 4 heterocycles. The average Bonchev–Trinajstić information content (AvgIpc) is 3.45. The highest BCUT2D eigenvalue weighted by atomic mass is 16.3. The summed E-state index contributed by atoms with van der Waals surface area (Å²) in [5.41, 5.74) is 5.21. The highest BCUT2D eigenvalue weighted by molar-refractivity contribution is 6.07. The van der Waals surface area contributed by atoms with Gasteiger partial charge in [0, 0.05) is 42.3 Å². The second kappa shape index (κ2) is 8.07. The monoisotopic (exact) mass is 465 g/mol. The molecule has 0 aliphatic carbocycles. The van der Waals surface area contributed by atoms with Crippen LogP contribution in [0.15, 0.2) is 78.5 Å². The third-order valence-corrected chi connectivity index (χ3v) is 6.39. The lowest BCUT2D eigenvalue weighted by molar-refractivity contribution is -0.113. The fourth-order valence-corrected chi connectivity index (χ4v) is 4.67. The minimum atomic E-state index is -0.490. The van der Waals surface area contributed by atoms with Gasteiger partial charge in [0.1, 0.15) is 11.9 Å². The van der Waals surface area contributed by atoms with Crippen molar-refractivity contribution in [1.82, 2.24) is 24.3 Å². The quantitative estimate of drug-likeness (QED) is 0.373. The van der Waals surface area contributed by atoms with Crippen LogP contribution in [0.25, 0.3) is 21.8 Å². The average molecular weight is 466 g/mol. The molecule has 1 unspecified atom stereocenters. The number of fused-ring (bicyclic) bond motifs is 3. The van der Waals surface area contributed by atoms with Gasteiger partial charge in [0.05, 0.1) is 35.2 Å². The first-order valence-electron chi connectivity index (χ1n) is 11.2. The van der Waals surface area contributed by atoms with E-state index in [0.717, 1.165) is 38.9 Å². The summed E-state index contributed by atoms with van der Waals surface area (Å²) in [7, 11) is 1.94. The fraction of sp³-hybridized carbons (Fsp3) is 0.154. The lowest BCUT2D eigenvalue weighted by Gasteiger charge is -2.30. The molecule has 1 atom stereocenters. The number of benzene rings is 2. The molecule has 35 heavy (non-hydrogen) atoms. The fourth-order valence-electron chi connectivity index (χ4n) is 4.67. The Labute approximate surface area is 200 Å². The van der Waals surface area contributed by atoms with Gasteiger partial charge < -0.3 is 20.3 Å². The largest absolute Gasteiger partial charge is 0.390 e. The number of hydrogen-bond donors (Lipinski definition) is 3. The molecule has 0 saturated carbocycles. The van der Waals surface area contributed by atoms with E-state index in [2.05, 4.69) is 25.7 Å². The third kappa shape index (κ3) is 3.53. The number of anilines is 2. The zero-order chi connectivity index (χ0) is 24.1. The molecule has 174 valence electrons. The third-order valence-electron chi connectivity index (χ3n) is 6.39. The highest BCUT2D eigenvalue weighted by Gasteiger charge is 2.33. The normalized spacial score (nSPS) is 15.3. The number of aryl methyl sites for hydroxylation is 1. The second-order valence-electron chi connectivity index (χ2n) is 8.69. The van der Waals surface area contributed by atoms with E-state index in [4.69, 9.17) is 0 Å². The number of aromatic nitrogens is 5. The molecule has 0 radical (unpaired) electrons. The topological polar surface area (TPSA) is 110 Å². The summed E-state index contributed by atoms with van der Waals surface area (Å²) < 4.78 is 3.71. The van der Waals surface area contributed by atoms with Gasteiger partial charge in [-0.15, -0.1) is 0 Å². The number of nitrogens with one attached hydrogen (secondary N) is 2. The van der Waals surface area contributed by atoms with E-state index in [1.54, 1.807) is 29.5 Å². The van der Waals surface area contributed by atoms with Gasteiger partial charge in [-0.1, -0.05) is 12.1 Å². The number of carbonyl (C=O) groups excluding carboxylic acids is 1. The van der Waals surface area contributed by atoms with Crippen LogP contribution in [0.1, 0.15) is 24.2 Å². The Balaban J connectivity index is 1.45. The summed E-state index contributed by atoms with van der Waals surface area (Å²) in [6, 6.07) is 14.9. The van der Waals surface area contributed by atoms with Crippen molar-refractivity contribution in [2.75, 3.05) is 10.6 Å². The molecule has 2 aromatic carbocycles. The summed E-state index contributed by atoms with van der Waals surface area (Å²) in [6.45, 7) is 1.69. The maximum atomic E-state index is 13.7. The van der Waals surface area contributed by atoms with Gasteiger partial charge in [0.25, 0.3) is 5.91 Å². The van der Waals surface area contributed by atoms with Gasteiger partial charge in [-0.3, -0.25) is 9.78 Å². The minimum Gasteiger partial charge on any atom is -0.390 e. The Bertz CT molecular complexity index is 1650. The van der Waals surface area contributed by atoms with E-state index in [1.165, 1.54) is 0 Å². The van der Waals surface area contributed by atoms with Crippen LogP contribution in [0.2, 0.25) is 0 Å². The maximum absolute atomic E-state index is 13.7. The molecule has 6 rings (SSSR count). The van der Waals surface area contributed by atoms with Crippen LogP contribution in [0.3, 0.4) is 0 Å². The zero-order valence-corrected chi connectivity index (χ0v) is 19.2. The van der Waals surface area contributed by atoms with Crippen molar-refractivity contribution in [1.29, 1.82) is 0 Å². The van der Waals surface area contributed by atoms with E-state index in [-0.39, 0.29) is 12.5 Å². The van der Waals surface area contributed by atoms with Gasteiger partial charge in [0.2, 0.25) is 0 Å². The summed E-state index contributed by atoms with van der Waals surface area (Å²) >= 11 is 0. The molecule has 1 amide bonds. The van der Waals surface area contributed by atoms with E-state index in [1.807, 2.05) is 61.0 Å². The van der Waals surface area contributed by atoms with Crippen molar-refractivity contribution >= 4 is 39.2 Å². The predicted octanol–water partition coefficient (Wildman–Crippen LogP) is 3.74. The Morgan fingerprint density at radius 3 is 2.89 bits per heavy atom. The predicted molar refractivity (Wildman–Crippen MR) is 134 cm³/mol. The van der Waals surface area contributed by atoms with Crippen LogP contribution < -0.4 is 10.6 Å². The first kappa shape index (κ1) is 21.1. The van der Waals surface area contributed by atoms with E-state index >= 15 is 0 Å². The zero-order valence-electron chi connectivity index (χ0n) is 19.2. The Morgan fingerprint density at radius 2 is 2.03 bits per heavy atom. The molecule has 1 aliphatic rings. The lowest BCUT2D eigenvalue weighted by Crippen LogP contribution is -2.31. The number of carbonyl (C=O) groups is 1. The van der Waals surface area contributed by atoms with Crippen molar-refractivity contribution < 1.29 is 9.90 Å². The summed E-state index contributed by atoms with van der Waals surface area (Å²) in [6.07, 6.45) is 5.29. The van der Waals surface area contributed by atoms with E-state index < -0.39 is 6.04 Å². The van der Waals surface area contributed by atoms with Crippen molar-refractivity contribution in [2.45, 2.75) is 19.6 Å². The number of nitrogens with zero attached hydrogens (tertiary/aromatic N) is 5. The molecule has 3 aromatic heterocycles. The van der Waals surface area contributed by atoms with E-state index in [9.17, 15) is 9.90 Å². The van der Waals surface area contributed by atoms with Crippen molar-refractivity contribution in [3.63, 3.8) is 0 Å². The van der Waals surface area contributed by atoms with Crippen molar-refractivity contribution in [2.24, 2.45) is 7.05 Å². The van der Waals surface area contributed by atoms with Gasteiger partial charge in [-0.25, -0.2) is 9.67 Å². The van der Waals surface area contributed by atoms with Gasteiger partial charge in [-0.2, -0.15) is 5.10 Å². The van der Waals surface area contributed by atoms with Gasteiger partial charge in [0.15, 0.2) is 0 Å². The molecule has 0 bridgehead atoms. The molecule has 0 fully saturated rings. The number of hydrogen-bond acceptors (Lipinski definition) is 6. The van der Waals surface area contributed by atoms with Crippen LogP contribution >= 0.6 is 0 Å². The summed E-state index contributed by atoms with van der Waals surface area (Å²) in [4.78, 5) is 22.3. The van der Waals surface area contributed by atoms with E-state index in [0.29, 0.717) is 17.0 Å². The Hall–Kier alpha value is -4.50. The van der Waals surface area contributed by atoms with Crippen LogP contribution in [-0.2, 0) is 18.4 Å². The molecule has 0 spiro atoms. The molecule has 9 heteroatoms. The number of pyridine rings is 1. The first-order valence-corrected chi connectivity index (χ1v) is 11.2. The number of allylic oxidation sites excluding steroid dienone is 1. The summed E-state index contributed by atoms with van der Waals surface area (Å²) in [5.74, 6) is 0.488. The molecular formula is C26H23N7O2. The number of imidazole rings is 1. The smallest absolute Gasteiger partial charge is 0.255 e. The van der Waals surface area contributed by atoms with Crippen LogP contribution in [-0.4, -0.2) is 35.3 Å². The van der Waals surface area contributed by atoms with Crippen LogP contribution in [0.4, 0.5) is 11.5 Å². The Kier molecular flexibility index (Phi) is 4.85. The van der Waals surface area contributed by atoms with Crippen molar-refractivity contribution in [3.8, 4) is 0 Å². The second-order valence-corrected chi connectivity index (χ2v) is 8.69. The first-order chi connectivity index (χ1) is 17.0. The number of rotatable bonds is 4. The molecule has 5 aromatic rings. The van der Waals surface area contributed by atoms with Gasteiger partial charge >= 0.3 is 0 Å². The number of amides is 1. The number of aliphatic hydroxyl groups is 1. The lowest BCUT2D eigenvalue weighted by atomic mass is 9.94. The maximum Gasteiger partial charge on any atom is 0.255 e. The highest BCUT2D eigenvalue weighted by Crippen LogP contribution is 2.37. The molecule has 1 aliphatic heterocycles. The standard InChI is InChI=1S/C26H23N7O2/c1-15-24(26(35)30-19-5-3-18-12-27-8-7-16(18)9-19)25(33-23(29-15)11-20(13-34)31-33)17-4-6-21-22(10-17)32(2)14-28-21/h3-12,14,25,29,34H,13H2,1-2H3,(H,30,35). The SMILES string of the molecule is CC1=C(C(=O)Nc2ccc3cnccc3c2)C(c2ccc3ncn(C)c3c2)n2nc(CO)cc2N1. The molecule has 0 saturated heterocycles. The van der Waals surface area contributed by atoms with Crippen LogP contribution in [0.5, 0.6) is 0 Å².